The summed E-state index contributed by atoms with van der Waals surface area (Å²) in [7, 11) is 0. The van der Waals surface area contributed by atoms with E-state index in [2.05, 4.69) is 51.1 Å². The van der Waals surface area contributed by atoms with Gasteiger partial charge in [0.15, 0.2) is 11.5 Å². The molecule has 3 aromatic carbocycles. The summed E-state index contributed by atoms with van der Waals surface area (Å²) in [4.78, 5) is 19.2. The normalized spacial score (nSPS) is 16.5. The molecule has 142 valence electrons. The van der Waals surface area contributed by atoms with E-state index in [0.717, 1.165) is 22.4 Å². The molecule has 0 fully saturated rings. The van der Waals surface area contributed by atoms with Gasteiger partial charge in [0.1, 0.15) is 6.04 Å². The number of hydrogen-bond donors (Lipinski definition) is 0. The highest BCUT2D eigenvalue weighted by atomic mass is 16.7. The third-order valence-corrected chi connectivity index (χ3v) is 5.07. The van der Waals surface area contributed by atoms with Crippen molar-refractivity contribution in [3.8, 4) is 5.75 Å². The van der Waals surface area contributed by atoms with Crippen molar-refractivity contribution in [1.82, 2.24) is 5.06 Å². The van der Waals surface area contributed by atoms with Crippen molar-refractivity contribution in [3.05, 3.63) is 101 Å². The van der Waals surface area contributed by atoms with Crippen molar-refractivity contribution < 1.29 is 9.63 Å². The van der Waals surface area contributed by atoms with Gasteiger partial charge < -0.3 is 4.84 Å². The number of benzene rings is 3. The van der Waals surface area contributed by atoms with Gasteiger partial charge in [-0.25, -0.2) is 0 Å². The molecule has 3 aromatic rings. The van der Waals surface area contributed by atoms with E-state index in [4.69, 9.17) is 4.84 Å². The summed E-state index contributed by atoms with van der Waals surface area (Å²) < 4.78 is 0. The van der Waals surface area contributed by atoms with Crippen LogP contribution in [0.25, 0.3) is 0 Å². The van der Waals surface area contributed by atoms with Gasteiger partial charge in [-0.2, -0.15) is 0 Å². The minimum Gasteiger partial charge on any atom is -0.404 e. The molecule has 0 spiro atoms. The number of hydroxylamine groups is 2. The third kappa shape index (κ3) is 3.46. The van der Waals surface area contributed by atoms with Crippen LogP contribution in [0.5, 0.6) is 5.75 Å². The maximum absolute atomic E-state index is 12.8. The van der Waals surface area contributed by atoms with E-state index in [1.165, 1.54) is 5.56 Å². The molecule has 28 heavy (non-hydrogen) atoms. The largest absolute Gasteiger partial charge is 0.404 e. The Kier molecular flexibility index (Phi) is 4.78. The first kappa shape index (κ1) is 18.5. The number of carbonyl (C=O) groups is 1. The third-order valence-electron chi connectivity index (χ3n) is 5.07. The van der Waals surface area contributed by atoms with Gasteiger partial charge in [-0.05, 0) is 26.3 Å². The predicted molar refractivity (Wildman–Crippen MR) is 111 cm³/mol. The molecular formula is C25H25NO2. The van der Waals surface area contributed by atoms with Gasteiger partial charge in [0.25, 0.3) is 0 Å². The lowest BCUT2D eigenvalue weighted by Gasteiger charge is -2.34. The minimum absolute atomic E-state index is 0.00276. The van der Waals surface area contributed by atoms with E-state index >= 15 is 0 Å². The fraction of sp³-hybridized carbons (Fsp3) is 0.240. The van der Waals surface area contributed by atoms with Crippen LogP contribution in [0.3, 0.4) is 0 Å². The Morgan fingerprint density at radius 3 is 2.18 bits per heavy atom. The summed E-state index contributed by atoms with van der Waals surface area (Å²) in [5.74, 6) is 0.915. The average molecular weight is 371 g/mol. The van der Waals surface area contributed by atoms with Crippen LogP contribution in [-0.2, 0) is 6.42 Å². The predicted octanol–water partition coefficient (Wildman–Crippen LogP) is 5.61. The molecule has 1 aliphatic rings. The SMILES string of the molecule is CC(C)(C)N1Oc2c(CC(=O)c3ccccc3)cccc2C1c1ccccc1. The molecule has 3 heteroatoms. The lowest BCUT2D eigenvalue weighted by molar-refractivity contribution is -0.129. The quantitative estimate of drug-likeness (QED) is 0.558. The summed E-state index contributed by atoms with van der Waals surface area (Å²) in [5, 5.41) is 2.05. The molecule has 4 rings (SSSR count). The second-order valence-electron chi connectivity index (χ2n) is 8.20. The molecule has 0 N–H and O–H groups in total. The van der Waals surface area contributed by atoms with E-state index in [1.807, 2.05) is 53.6 Å². The summed E-state index contributed by atoms with van der Waals surface area (Å²) in [6.07, 6.45) is 0.326. The number of hydrogen-bond acceptors (Lipinski definition) is 3. The zero-order chi connectivity index (χ0) is 19.7. The molecule has 0 amide bonds. The Labute approximate surface area is 166 Å². The Balaban J connectivity index is 1.74. The monoisotopic (exact) mass is 371 g/mol. The lowest BCUT2D eigenvalue weighted by atomic mass is 9.93. The molecule has 0 aromatic heterocycles. The molecule has 0 aliphatic carbocycles. The van der Waals surface area contributed by atoms with Gasteiger partial charge in [0.05, 0.1) is 0 Å². The van der Waals surface area contributed by atoms with E-state index in [0.29, 0.717) is 6.42 Å². The van der Waals surface area contributed by atoms with Crippen LogP contribution < -0.4 is 4.84 Å². The Bertz CT molecular complexity index is 974. The Hall–Kier alpha value is -2.91. The fourth-order valence-electron chi connectivity index (χ4n) is 3.72. The molecule has 0 saturated carbocycles. The number of nitrogens with zero attached hydrogens (tertiary/aromatic N) is 1. The van der Waals surface area contributed by atoms with Gasteiger partial charge in [0, 0.05) is 28.7 Å². The first-order chi connectivity index (χ1) is 13.4. The number of ketones is 1. The van der Waals surface area contributed by atoms with Crippen molar-refractivity contribution in [2.45, 2.75) is 38.8 Å². The number of rotatable bonds is 4. The molecule has 0 bridgehead atoms. The lowest BCUT2D eigenvalue weighted by Crippen LogP contribution is -2.43. The number of fused-ring (bicyclic) bond motifs is 1. The average Bonchev–Trinajstić information content (AvgIpc) is 3.10. The standard InChI is InChI=1S/C25H25NO2/c1-25(2,3)26-23(19-13-8-5-9-14-19)21-16-10-15-20(24(21)28-26)17-22(27)18-11-6-4-7-12-18/h4-16,23H,17H2,1-3H3. The highest BCUT2D eigenvalue weighted by Crippen LogP contribution is 2.46. The summed E-state index contributed by atoms with van der Waals surface area (Å²) in [6, 6.07) is 26.0. The summed E-state index contributed by atoms with van der Waals surface area (Å²) in [6.45, 7) is 6.43. The molecule has 3 nitrogen and oxygen atoms in total. The van der Waals surface area contributed by atoms with E-state index in [1.54, 1.807) is 0 Å². The maximum Gasteiger partial charge on any atom is 0.167 e. The Morgan fingerprint density at radius 1 is 0.893 bits per heavy atom. The van der Waals surface area contributed by atoms with Crippen LogP contribution in [0.2, 0.25) is 0 Å². The molecule has 0 saturated heterocycles. The number of Topliss-reactive ketones (excluding diaryl/α,β-unsaturated/α-hetero) is 1. The first-order valence-electron chi connectivity index (χ1n) is 9.67. The number of carbonyl (C=O) groups excluding carboxylic acids is 1. The molecule has 1 unspecified atom stereocenters. The molecule has 1 atom stereocenters. The van der Waals surface area contributed by atoms with Crippen LogP contribution in [0.15, 0.2) is 78.9 Å². The van der Waals surface area contributed by atoms with Gasteiger partial charge >= 0.3 is 0 Å². The van der Waals surface area contributed by atoms with Crippen LogP contribution in [-0.4, -0.2) is 16.4 Å². The van der Waals surface area contributed by atoms with Crippen LogP contribution in [0.1, 0.15) is 53.9 Å². The van der Waals surface area contributed by atoms with Crippen LogP contribution in [0.4, 0.5) is 0 Å². The summed E-state index contributed by atoms with van der Waals surface area (Å²) in [5.41, 5.74) is 3.76. The second kappa shape index (κ2) is 7.25. The second-order valence-corrected chi connectivity index (χ2v) is 8.20. The van der Waals surface area contributed by atoms with Crippen LogP contribution in [0, 0.1) is 0 Å². The first-order valence-corrected chi connectivity index (χ1v) is 9.67. The van der Waals surface area contributed by atoms with Crippen molar-refractivity contribution in [2.24, 2.45) is 0 Å². The molecular weight excluding hydrogens is 346 g/mol. The fourth-order valence-corrected chi connectivity index (χ4v) is 3.72. The zero-order valence-corrected chi connectivity index (χ0v) is 16.6. The highest BCUT2D eigenvalue weighted by molar-refractivity contribution is 5.97. The van der Waals surface area contributed by atoms with Crippen molar-refractivity contribution in [3.63, 3.8) is 0 Å². The van der Waals surface area contributed by atoms with Gasteiger partial charge in [-0.15, -0.1) is 5.06 Å². The van der Waals surface area contributed by atoms with Crippen LogP contribution >= 0.6 is 0 Å². The van der Waals surface area contributed by atoms with E-state index in [-0.39, 0.29) is 17.4 Å². The van der Waals surface area contributed by atoms with Crippen molar-refractivity contribution >= 4 is 5.78 Å². The minimum atomic E-state index is -0.194. The van der Waals surface area contributed by atoms with Crippen molar-refractivity contribution in [2.75, 3.05) is 0 Å². The maximum atomic E-state index is 12.8. The molecule has 1 aliphatic heterocycles. The smallest absolute Gasteiger partial charge is 0.167 e. The Morgan fingerprint density at radius 2 is 1.54 bits per heavy atom. The molecule has 0 radical (unpaired) electrons. The highest BCUT2D eigenvalue weighted by Gasteiger charge is 2.41. The van der Waals surface area contributed by atoms with Gasteiger partial charge in [0.2, 0.25) is 0 Å². The van der Waals surface area contributed by atoms with Gasteiger partial charge in [-0.1, -0.05) is 78.9 Å². The molecule has 1 heterocycles. The van der Waals surface area contributed by atoms with E-state index < -0.39 is 0 Å². The zero-order valence-electron chi connectivity index (χ0n) is 16.6. The van der Waals surface area contributed by atoms with Gasteiger partial charge in [-0.3, -0.25) is 4.79 Å². The van der Waals surface area contributed by atoms with Crippen molar-refractivity contribution in [1.29, 1.82) is 0 Å². The number of para-hydroxylation sites is 1. The topological polar surface area (TPSA) is 29.5 Å². The summed E-state index contributed by atoms with van der Waals surface area (Å²) >= 11 is 0. The van der Waals surface area contributed by atoms with E-state index in [9.17, 15) is 4.79 Å².